The largest absolute Gasteiger partial charge is 0.494 e. The molecule has 1 aliphatic heterocycles. The molecule has 0 saturated carbocycles. The minimum Gasteiger partial charge on any atom is -0.494 e. The lowest BCUT2D eigenvalue weighted by Crippen LogP contribution is -2.49. The van der Waals surface area contributed by atoms with Crippen LogP contribution < -0.4 is 4.74 Å². The molecule has 2 aromatic rings. The summed E-state index contributed by atoms with van der Waals surface area (Å²) in [5.74, 6) is 1.08. The van der Waals surface area contributed by atoms with Gasteiger partial charge in [-0.2, -0.15) is 0 Å². The lowest BCUT2D eigenvalue weighted by Gasteiger charge is -2.40. The standard InChI is InChI=1S/C21H26N2O2/c1-22-14-15-23(20(17-22)18-9-4-2-5-10-18)21(24)13-8-16-25-19-11-6-3-7-12-19/h2-7,9-12,20H,8,13-17H2,1H3/t20-/m1/s1. The van der Waals surface area contributed by atoms with Gasteiger partial charge in [0.2, 0.25) is 5.91 Å². The van der Waals surface area contributed by atoms with Gasteiger partial charge in [-0.1, -0.05) is 48.5 Å². The lowest BCUT2D eigenvalue weighted by atomic mass is 10.0. The van der Waals surface area contributed by atoms with E-state index in [0.29, 0.717) is 13.0 Å². The molecule has 132 valence electrons. The highest BCUT2D eigenvalue weighted by Crippen LogP contribution is 2.25. The summed E-state index contributed by atoms with van der Waals surface area (Å²) in [5, 5.41) is 0. The number of carbonyl (C=O) groups is 1. The van der Waals surface area contributed by atoms with Crippen molar-refractivity contribution in [1.82, 2.24) is 9.80 Å². The highest BCUT2D eigenvalue weighted by Gasteiger charge is 2.29. The number of likely N-dealkylation sites (N-methyl/N-ethyl adjacent to an activating group) is 1. The smallest absolute Gasteiger partial charge is 0.223 e. The molecule has 25 heavy (non-hydrogen) atoms. The van der Waals surface area contributed by atoms with Gasteiger partial charge in [0.05, 0.1) is 12.6 Å². The number of piperazine rings is 1. The van der Waals surface area contributed by atoms with Crippen LogP contribution in [0.25, 0.3) is 0 Å². The maximum absolute atomic E-state index is 12.8. The Morgan fingerprint density at radius 1 is 1.04 bits per heavy atom. The molecule has 0 unspecified atom stereocenters. The van der Waals surface area contributed by atoms with Crippen LogP contribution in [0.15, 0.2) is 60.7 Å². The first-order valence-corrected chi connectivity index (χ1v) is 8.95. The van der Waals surface area contributed by atoms with Crippen molar-refractivity contribution in [3.63, 3.8) is 0 Å². The van der Waals surface area contributed by atoms with Crippen LogP contribution in [-0.2, 0) is 4.79 Å². The monoisotopic (exact) mass is 338 g/mol. The normalized spacial score (nSPS) is 18.1. The van der Waals surface area contributed by atoms with Crippen LogP contribution in [0.5, 0.6) is 5.75 Å². The van der Waals surface area contributed by atoms with Gasteiger partial charge in [-0.15, -0.1) is 0 Å². The van der Waals surface area contributed by atoms with Gasteiger partial charge in [0.25, 0.3) is 0 Å². The van der Waals surface area contributed by atoms with Crippen molar-refractivity contribution in [3.05, 3.63) is 66.2 Å². The second kappa shape index (κ2) is 8.67. The number of nitrogens with zero attached hydrogens (tertiary/aromatic N) is 2. The SMILES string of the molecule is CN1CCN(C(=O)CCCOc2ccccc2)[C@@H](c2ccccc2)C1. The van der Waals surface area contributed by atoms with Crippen LogP contribution in [0.3, 0.4) is 0 Å². The molecule has 0 radical (unpaired) electrons. The first-order chi connectivity index (χ1) is 12.2. The van der Waals surface area contributed by atoms with Gasteiger partial charge in [-0.05, 0) is 31.2 Å². The van der Waals surface area contributed by atoms with Gasteiger partial charge >= 0.3 is 0 Å². The number of benzene rings is 2. The summed E-state index contributed by atoms with van der Waals surface area (Å²) in [6.07, 6.45) is 1.27. The summed E-state index contributed by atoms with van der Waals surface area (Å²) in [6.45, 7) is 3.17. The second-order valence-electron chi connectivity index (χ2n) is 6.54. The van der Waals surface area contributed by atoms with Crippen LogP contribution in [0.2, 0.25) is 0 Å². The van der Waals surface area contributed by atoms with Crippen LogP contribution >= 0.6 is 0 Å². The van der Waals surface area contributed by atoms with Crippen molar-refractivity contribution in [2.24, 2.45) is 0 Å². The Morgan fingerprint density at radius 2 is 1.72 bits per heavy atom. The van der Waals surface area contributed by atoms with Gasteiger partial charge in [-0.3, -0.25) is 4.79 Å². The van der Waals surface area contributed by atoms with E-state index in [4.69, 9.17) is 4.74 Å². The zero-order valence-corrected chi connectivity index (χ0v) is 14.8. The Morgan fingerprint density at radius 3 is 2.44 bits per heavy atom. The number of para-hydroxylation sites is 1. The van der Waals surface area contributed by atoms with Crippen molar-refractivity contribution in [3.8, 4) is 5.75 Å². The maximum Gasteiger partial charge on any atom is 0.223 e. The Kier molecular flexibility index (Phi) is 6.07. The molecule has 1 amide bonds. The van der Waals surface area contributed by atoms with Crippen molar-refractivity contribution in [2.45, 2.75) is 18.9 Å². The van der Waals surface area contributed by atoms with E-state index in [9.17, 15) is 4.79 Å². The predicted molar refractivity (Wildman–Crippen MR) is 99.6 cm³/mol. The maximum atomic E-state index is 12.8. The minimum absolute atomic E-state index is 0.141. The average Bonchev–Trinajstić information content (AvgIpc) is 2.66. The van der Waals surface area contributed by atoms with E-state index in [1.54, 1.807) is 0 Å². The molecule has 1 heterocycles. The predicted octanol–water partition coefficient (Wildman–Crippen LogP) is 3.36. The Hall–Kier alpha value is -2.33. The summed E-state index contributed by atoms with van der Waals surface area (Å²) in [4.78, 5) is 17.1. The summed E-state index contributed by atoms with van der Waals surface area (Å²) in [5.41, 5.74) is 1.21. The van der Waals surface area contributed by atoms with Crippen molar-refractivity contribution in [1.29, 1.82) is 0 Å². The van der Waals surface area contributed by atoms with E-state index in [1.165, 1.54) is 5.56 Å². The van der Waals surface area contributed by atoms with Crippen molar-refractivity contribution in [2.75, 3.05) is 33.3 Å². The molecule has 1 fully saturated rings. The van der Waals surface area contributed by atoms with E-state index >= 15 is 0 Å². The third-order valence-corrected chi connectivity index (χ3v) is 4.64. The zero-order chi connectivity index (χ0) is 17.5. The topological polar surface area (TPSA) is 32.8 Å². The Labute approximate surface area is 150 Å². The molecular formula is C21H26N2O2. The number of hydrogen-bond donors (Lipinski definition) is 0. The summed E-state index contributed by atoms with van der Waals surface area (Å²) >= 11 is 0. The number of rotatable bonds is 6. The van der Waals surface area contributed by atoms with Crippen LogP contribution in [0, 0.1) is 0 Å². The molecule has 2 aromatic carbocycles. The number of hydrogen-bond acceptors (Lipinski definition) is 3. The Balaban J connectivity index is 1.54. The molecule has 4 nitrogen and oxygen atoms in total. The van der Waals surface area contributed by atoms with Crippen LogP contribution in [0.4, 0.5) is 0 Å². The van der Waals surface area contributed by atoms with E-state index < -0.39 is 0 Å². The van der Waals surface area contributed by atoms with E-state index in [0.717, 1.165) is 31.8 Å². The molecule has 0 aromatic heterocycles. The molecule has 0 N–H and O–H groups in total. The lowest BCUT2D eigenvalue weighted by molar-refractivity contribution is -0.136. The highest BCUT2D eigenvalue weighted by molar-refractivity contribution is 5.77. The average molecular weight is 338 g/mol. The first-order valence-electron chi connectivity index (χ1n) is 8.95. The third-order valence-electron chi connectivity index (χ3n) is 4.64. The van der Waals surface area contributed by atoms with Gasteiger partial charge in [0, 0.05) is 26.1 Å². The fourth-order valence-electron chi connectivity index (χ4n) is 3.25. The van der Waals surface area contributed by atoms with E-state index in [2.05, 4.69) is 24.1 Å². The molecule has 1 atom stereocenters. The molecule has 3 rings (SSSR count). The van der Waals surface area contributed by atoms with Gasteiger partial charge in [0.15, 0.2) is 0 Å². The molecular weight excluding hydrogens is 312 g/mol. The number of amides is 1. The molecule has 0 aliphatic carbocycles. The first kappa shape index (κ1) is 17.5. The van der Waals surface area contributed by atoms with Gasteiger partial charge in [-0.25, -0.2) is 0 Å². The van der Waals surface area contributed by atoms with Gasteiger partial charge in [0.1, 0.15) is 5.75 Å². The minimum atomic E-state index is 0.141. The van der Waals surface area contributed by atoms with Crippen molar-refractivity contribution >= 4 is 5.91 Å². The molecule has 1 saturated heterocycles. The molecule has 0 bridgehead atoms. The quantitative estimate of drug-likeness (QED) is 0.757. The van der Waals surface area contributed by atoms with Crippen molar-refractivity contribution < 1.29 is 9.53 Å². The summed E-state index contributed by atoms with van der Waals surface area (Å²) in [6, 6.07) is 20.2. The van der Waals surface area contributed by atoms with Crippen LogP contribution in [-0.4, -0.2) is 49.0 Å². The van der Waals surface area contributed by atoms with Gasteiger partial charge < -0.3 is 14.5 Å². The molecule has 1 aliphatic rings. The fraction of sp³-hybridized carbons (Fsp3) is 0.381. The van der Waals surface area contributed by atoms with E-state index in [-0.39, 0.29) is 11.9 Å². The summed E-state index contributed by atoms with van der Waals surface area (Å²) in [7, 11) is 2.12. The molecule has 4 heteroatoms. The number of ether oxygens (including phenoxy) is 1. The Bertz CT molecular complexity index is 660. The zero-order valence-electron chi connectivity index (χ0n) is 14.8. The van der Waals surface area contributed by atoms with E-state index in [1.807, 2.05) is 53.4 Å². The molecule has 0 spiro atoms. The van der Waals surface area contributed by atoms with Crippen LogP contribution in [0.1, 0.15) is 24.4 Å². The second-order valence-corrected chi connectivity index (χ2v) is 6.54. The highest BCUT2D eigenvalue weighted by atomic mass is 16.5. The summed E-state index contributed by atoms with van der Waals surface area (Å²) < 4.78 is 5.69. The number of carbonyl (C=O) groups excluding carboxylic acids is 1. The fourth-order valence-corrected chi connectivity index (χ4v) is 3.25. The third kappa shape index (κ3) is 4.83.